The quantitative estimate of drug-likeness (QED) is 0.356. The van der Waals surface area contributed by atoms with Crippen LogP contribution in [0.2, 0.25) is 0 Å². The normalized spacial score (nSPS) is 27.5. The van der Waals surface area contributed by atoms with Gasteiger partial charge >= 0.3 is 6.16 Å². The van der Waals surface area contributed by atoms with Crippen LogP contribution < -0.4 is 0 Å². The molecule has 0 bridgehead atoms. The Morgan fingerprint density at radius 2 is 1.14 bits per heavy atom. The molecule has 0 amide bonds. The maximum atomic E-state index is 12.6. The molecule has 0 aromatic carbocycles. The Hall–Kier alpha value is 0.0400. The number of nitrogens with zero attached hydrogens (tertiary/aromatic N) is 2. The van der Waals surface area contributed by atoms with E-state index in [4.69, 9.17) is 40.7 Å². The molecule has 2 saturated heterocycles. The maximum Gasteiger partial charge on any atom is 0.508 e. The molecule has 2 aliphatic heterocycles. The van der Waals surface area contributed by atoms with Crippen molar-refractivity contribution in [1.29, 1.82) is 0 Å². The summed E-state index contributed by atoms with van der Waals surface area (Å²) < 4.78 is 22.1. The summed E-state index contributed by atoms with van der Waals surface area (Å²) in [5.41, 5.74) is -1.50. The number of hydrogen-bond donors (Lipinski definition) is 0. The van der Waals surface area contributed by atoms with Gasteiger partial charge in [-0.25, -0.2) is 9.08 Å². The Morgan fingerprint density at radius 3 is 1.45 bits per heavy atom. The lowest BCUT2D eigenvalue weighted by Crippen LogP contribution is -2.62. The Morgan fingerprint density at radius 1 is 0.793 bits per heavy atom. The number of hydrogen-bond acceptors (Lipinski definition) is 8. The number of carbonyl (C=O) groups excluding carboxylic acids is 1. The van der Waals surface area contributed by atoms with Crippen LogP contribution in [0, 0.1) is 0 Å². The van der Waals surface area contributed by atoms with Crippen LogP contribution >= 0.6 is 33.8 Å². The second kappa shape index (κ2) is 8.88. The first kappa shape index (κ1) is 25.3. The number of carbonyl (C=O) groups is 1. The van der Waals surface area contributed by atoms with E-state index in [0.717, 1.165) is 11.3 Å². The first-order valence-corrected chi connectivity index (χ1v) is 11.7. The van der Waals surface area contributed by atoms with E-state index < -0.39 is 6.16 Å². The molecule has 0 unspecified atom stereocenters. The Bertz CT molecular complexity index is 567. The van der Waals surface area contributed by atoms with Gasteiger partial charge in [0.2, 0.25) is 0 Å². The van der Waals surface area contributed by atoms with Crippen LogP contribution in [0.3, 0.4) is 0 Å². The van der Waals surface area contributed by atoms with Gasteiger partial charge in [0.25, 0.3) is 0 Å². The fourth-order valence-electron chi connectivity index (χ4n) is 5.23. The van der Waals surface area contributed by atoms with Crippen LogP contribution in [0.5, 0.6) is 0 Å². The van der Waals surface area contributed by atoms with Crippen molar-refractivity contribution in [1.82, 2.24) is 10.1 Å². The summed E-state index contributed by atoms with van der Waals surface area (Å²) in [6.45, 7) is 16.2. The fraction of sp³-hybridized carbons (Fsp3) is 0.947. The van der Waals surface area contributed by atoms with Crippen LogP contribution in [0.15, 0.2) is 0 Å². The number of rotatable bonds is 5. The fourth-order valence-corrected chi connectivity index (χ4v) is 6.23. The van der Waals surface area contributed by atoms with Gasteiger partial charge in [0.15, 0.2) is 0 Å². The summed E-state index contributed by atoms with van der Waals surface area (Å²) in [7, 11) is 5.71. The van der Waals surface area contributed by atoms with Gasteiger partial charge < -0.3 is 9.47 Å². The van der Waals surface area contributed by atoms with Gasteiger partial charge in [-0.1, -0.05) is 0 Å². The topological polar surface area (TPSA) is 60.5 Å². The van der Waals surface area contributed by atoms with Crippen LogP contribution in [-0.2, 0) is 18.1 Å². The highest BCUT2D eigenvalue weighted by molar-refractivity contribution is 8.17. The van der Waals surface area contributed by atoms with Crippen molar-refractivity contribution in [3.8, 4) is 0 Å². The molecule has 0 saturated carbocycles. The van der Waals surface area contributed by atoms with Gasteiger partial charge in [-0.3, -0.25) is 0 Å². The molecule has 0 aliphatic carbocycles. The van der Waals surface area contributed by atoms with E-state index >= 15 is 0 Å². The largest absolute Gasteiger partial charge is 0.508 e. The van der Waals surface area contributed by atoms with E-state index in [1.165, 1.54) is 0 Å². The lowest BCUT2D eigenvalue weighted by atomic mass is 9.80. The van der Waals surface area contributed by atoms with Crippen LogP contribution in [-0.4, -0.2) is 50.6 Å². The highest BCUT2D eigenvalue weighted by Crippen LogP contribution is 2.43. The van der Waals surface area contributed by atoms with Gasteiger partial charge in [0.05, 0.1) is 11.9 Å². The van der Waals surface area contributed by atoms with Gasteiger partial charge in [-0.15, -0.1) is 0 Å². The number of piperidine rings is 2. The second-order valence-electron chi connectivity index (χ2n) is 10.6. The summed E-state index contributed by atoms with van der Waals surface area (Å²) in [4.78, 5) is 12.6. The first-order chi connectivity index (χ1) is 13.1. The smallest absolute Gasteiger partial charge is 0.431 e. The molecule has 0 aromatic rings. The van der Waals surface area contributed by atoms with Crippen molar-refractivity contribution in [2.75, 3.05) is 0 Å². The predicted octanol–water partition coefficient (Wildman–Crippen LogP) is 6.00. The number of halogens is 2. The molecular weight excluding hydrogens is 439 g/mol. The minimum absolute atomic E-state index is 0.278. The van der Waals surface area contributed by atoms with E-state index in [2.05, 4.69) is 0 Å². The van der Waals surface area contributed by atoms with Crippen molar-refractivity contribution < 1.29 is 22.9 Å². The highest BCUT2D eigenvalue weighted by Gasteiger charge is 2.50. The maximum absolute atomic E-state index is 12.6. The predicted molar refractivity (Wildman–Crippen MR) is 115 cm³/mol. The minimum atomic E-state index is -0.639. The van der Waals surface area contributed by atoms with Crippen molar-refractivity contribution in [3.05, 3.63) is 0 Å². The van der Waals surface area contributed by atoms with E-state index in [-0.39, 0.29) is 34.4 Å². The Kier molecular flexibility index (Phi) is 7.75. The highest BCUT2D eigenvalue weighted by atomic mass is 35.7. The van der Waals surface area contributed by atoms with Crippen molar-refractivity contribution in [3.63, 3.8) is 0 Å². The van der Waals surface area contributed by atoms with E-state index in [9.17, 15) is 4.79 Å². The van der Waals surface area contributed by atoms with E-state index in [0.29, 0.717) is 25.7 Å². The van der Waals surface area contributed by atoms with Crippen LogP contribution in [0.1, 0.15) is 81.1 Å². The Labute approximate surface area is 188 Å². The number of ether oxygens (including phenoxy) is 2. The van der Waals surface area contributed by atoms with Crippen LogP contribution in [0.25, 0.3) is 0 Å². The molecule has 29 heavy (non-hydrogen) atoms. The average molecular weight is 473 g/mol. The standard InChI is InChI=1S/C19H34Cl2N2O5S/c1-16(2)9-13(10-17(3,4)22(16)27-20)25-15(24)26-14-11-18(5,6)23(28-29-21)19(7,8)12-14/h13-14H,9-12H2,1-8H3. The van der Waals surface area contributed by atoms with Gasteiger partial charge in [0.1, 0.15) is 23.5 Å². The first-order valence-electron chi connectivity index (χ1n) is 9.87. The van der Waals surface area contributed by atoms with Crippen LogP contribution in [0.4, 0.5) is 4.79 Å². The van der Waals surface area contributed by atoms with Crippen molar-refractivity contribution in [2.45, 2.75) is 115 Å². The van der Waals surface area contributed by atoms with E-state index in [1.54, 1.807) is 5.06 Å². The minimum Gasteiger partial charge on any atom is -0.431 e. The summed E-state index contributed by atoms with van der Waals surface area (Å²) in [5, 5.41) is 3.62. The zero-order chi connectivity index (χ0) is 22.3. The third kappa shape index (κ3) is 5.84. The average Bonchev–Trinajstić information content (AvgIpc) is 2.47. The molecule has 2 aliphatic rings. The molecular formula is C19H34Cl2N2O5S. The molecule has 0 radical (unpaired) electrons. The van der Waals surface area contributed by atoms with Gasteiger partial charge in [0, 0.05) is 47.8 Å². The summed E-state index contributed by atoms with van der Waals surface area (Å²) in [6.07, 6.45) is 1.20. The third-order valence-electron chi connectivity index (χ3n) is 5.81. The SMILES string of the molecule is CC1(C)CC(OC(=O)OC2CC(C)(C)N(OSCl)C(C)(C)C2)CC(C)(C)N1OCl. The zero-order valence-electron chi connectivity index (χ0n) is 18.6. The molecule has 0 spiro atoms. The summed E-state index contributed by atoms with van der Waals surface area (Å²) in [5.74, 6) is 0. The zero-order valence-corrected chi connectivity index (χ0v) is 20.9. The van der Waals surface area contributed by atoms with Crippen molar-refractivity contribution in [2.24, 2.45) is 0 Å². The molecule has 0 aromatic heterocycles. The third-order valence-corrected chi connectivity index (χ3v) is 6.32. The van der Waals surface area contributed by atoms with Crippen molar-refractivity contribution >= 4 is 40.0 Å². The number of hydroxylamine groups is 4. The molecule has 170 valence electrons. The van der Waals surface area contributed by atoms with Gasteiger partial charge in [-0.05, 0) is 66.1 Å². The molecule has 2 rings (SSSR count). The van der Waals surface area contributed by atoms with Gasteiger partial charge in [-0.2, -0.15) is 14.5 Å². The summed E-state index contributed by atoms with van der Waals surface area (Å²) >= 11 is 6.48. The monoisotopic (exact) mass is 472 g/mol. The molecule has 2 heterocycles. The second-order valence-corrected chi connectivity index (χ2v) is 11.4. The molecule has 0 N–H and O–H groups in total. The molecule has 7 nitrogen and oxygen atoms in total. The molecule has 0 atom stereocenters. The molecule has 10 heteroatoms. The lowest BCUT2D eigenvalue weighted by molar-refractivity contribution is -0.237. The lowest BCUT2D eigenvalue weighted by Gasteiger charge is -2.52. The molecule has 2 fully saturated rings. The Balaban J connectivity index is 2.01. The van der Waals surface area contributed by atoms with E-state index in [1.807, 2.05) is 60.5 Å². The summed E-state index contributed by atoms with van der Waals surface area (Å²) in [6, 6.07) is 0.